The van der Waals surface area contributed by atoms with Crippen LogP contribution >= 0.6 is 0 Å². The van der Waals surface area contributed by atoms with Crippen molar-refractivity contribution in [2.75, 3.05) is 24.2 Å². The standard InChI is InChI=1S/C10H15FN4O/c11-7-5-13-9(12)15-8(7)14-6-10(1-2-10)3-4-16/h5,16H,1-4,6H2,(H3,12,13,14,15). The lowest BCUT2D eigenvalue weighted by Crippen LogP contribution is -2.18. The number of nitrogen functional groups attached to an aromatic ring is 1. The molecule has 0 saturated heterocycles. The second-order valence-electron chi connectivity index (χ2n) is 4.25. The van der Waals surface area contributed by atoms with E-state index in [0.29, 0.717) is 6.54 Å². The zero-order chi connectivity index (χ0) is 11.6. The summed E-state index contributed by atoms with van der Waals surface area (Å²) < 4.78 is 13.3. The average Bonchev–Trinajstić information content (AvgIpc) is 3.01. The number of nitrogens with one attached hydrogen (secondary N) is 1. The fraction of sp³-hybridized carbons (Fsp3) is 0.600. The Hall–Kier alpha value is -1.43. The van der Waals surface area contributed by atoms with Crippen molar-refractivity contribution in [3.8, 4) is 0 Å². The molecule has 1 heterocycles. The molecule has 1 aliphatic rings. The van der Waals surface area contributed by atoms with Gasteiger partial charge in [0.15, 0.2) is 11.6 Å². The van der Waals surface area contributed by atoms with E-state index in [-0.39, 0.29) is 23.8 Å². The van der Waals surface area contributed by atoms with E-state index < -0.39 is 5.82 Å². The summed E-state index contributed by atoms with van der Waals surface area (Å²) in [5.74, 6) is -0.318. The van der Waals surface area contributed by atoms with E-state index in [4.69, 9.17) is 10.8 Å². The molecule has 1 aliphatic carbocycles. The van der Waals surface area contributed by atoms with E-state index in [2.05, 4.69) is 15.3 Å². The maximum Gasteiger partial charge on any atom is 0.222 e. The van der Waals surface area contributed by atoms with Crippen molar-refractivity contribution < 1.29 is 9.50 Å². The Balaban J connectivity index is 1.97. The predicted molar refractivity (Wildman–Crippen MR) is 58.3 cm³/mol. The van der Waals surface area contributed by atoms with Crippen molar-refractivity contribution in [1.82, 2.24) is 9.97 Å². The van der Waals surface area contributed by atoms with Gasteiger partial charge >= 0.3 is 0 Å². The molecule has 1 aromatic rings. The van der Waals surface area contributed by atoms with Gasteiger partial charge in [-0.25, -0.2) is 9.37 Å². The van der Waals surface area contributed by atoms with Crippen LogP contribution in [0.2, 0.25) is 0 Å². The number of aliphatic hydroxyl groups excluding tert-OH is 1. The van der Waals surface area contributed by atoms with Gasteiger partial charge in [0, 0.05) is 13.2 Å². The van der Waals surface area contributed by atoms with Crippen LogP contribution in [0.4, 0.5) is 16.2 Å². The molecule has 88 valence electrons. The van der Waals surface area contributed by atoms with Crippen LogP contribution in [0.1, 0.15) is 19.3 Å². The summed E-state index contributed by atoms with van der Waals surface area (Å²) in [5, 5.41) is 11.8. The number of anilines is 2. The molecule has 1 aromatic heterocycles. The first-order chi connectivity index (χ1) is 7.65. The molecule has 5 nitrogen and oxygen atoms in total. The molecule has 0 bridgehead atoms. The summed E-state index contributed by atoms with van der Waals surface area (Å²) in [6.07, 6.45) is 3.91. The highest BCUT2D eigenvalue weighted by molar-refractivity contribution is 5.39. The fourth-order valence-corrected chi connectivity index (χ4v) is 1.71. The van der Waals surface area contributed by atoms with Crippen molar-refractivity contribution in [1.29, 1.82) is 0 Å². The van der Waals surface area contributed by atoms with Gasteiger partial charge in [-0.15, -0.1) is 0 Å². The lowest BCUT2D eigenvalue weighted by molar-refractivity contribution is 0.253. The summed E-state index contributed by atoms with van der Waals surface area (Å²) in [6.45, 7) is 0.775. The normalized spacial score (nSPS) is 17.1. The molecule has 1 fully saturated rings. The molecule has 1 saturated carbocycles. The topological polar surface area (TPSA) is 84.1 Å². The smallest absolute Gasteiger partial charge is 0.222 e. The summed E-state index contributed by atoms with van der Waals surface area (Å²) >= 11 is 0. The van der Waals surface area contributed by atoms with Crippen molar-refractivity contribution in [3.05, 3.63) is 12.0 Å². The van der Waals surface area contributed by atoms with Gasteiger partial charge in [0.25, 0.3) is 0 Å². The van der Waals surface area contributed by atoms with Gasteiger partial charge in [-0.3, -0.25) is 0 Å². The first kappa shape index (κ1) is 11.1. The molecule has 4 N–H and O–H groups in total. The lowest BCUT2D eigenvalue weighted by atomic mass is 10.0. The average molecular weight is 226 g/mol. The molecule has 6 heteroatoms. The number of halogens is 1. The molecule has 0 amide bonds. The number of hydrogen-bond acceptors (Lipinski definition) is 5. The third kappa shape index (κ3) is 2.38. The number of aliphatic hydroxyl groups is 1. The Labute approximate surface area is 92.9 Å². The fourth-order valence-electron chi connectivity index (χ4n) is 1.71. The van der Waals surface area contributed by atoms with Crippen LogP contribution in [0.3, 0.4) is 0 Å². The van der Waals surface area contributed by atoms with Gasteiger partial charge in [-0.1, -0.05) is 0 Å². The van der Waals surface area contributed by atoms with Gasteiger partial charge in [0.2, 0.25) is 5.95 Å². The summed E-state index contributed by atoms with van der Waals surface area (Å²) in [7, 11) is 0. The van der Waals surface area contributed by atoms with Gasteiger partial charge in [0.05, 0.1) is 6.20 Å². The van der Waals surface area contributed by atoms with Crippen LogP contribution in [-0.4, -0.2) is 28.2 Å². The third-order valence-corrected chi connectivity index (χ3v) is 2.99. The van der Waals surface area contributed by atoms with E-state index in [9.17, 15) is 4.39 Å². The van der Waals surface area contributed by atoms with Crippen LogP contribution in [-0.2, 0) is 0 Å². The number of nitrogens with two attached hydrogens (primary N) is 1. The second kappa shape index (κ2) is 4.21. The monoisotopic (exact) mass is 226 g/mol. The Kier molecular flexibility index (Phi) is 2.91. The van der Waals surface area contributed by atoms with E-state index in [0.717, 1.165) is 25.5 Å². The minimum absolute atomic E-state index is 0.0518. The number of nitrogens with zero attached hydrogens (tertiary/aromatic N) is 2. The second-order valence-corrected chi connectivity index (χ2v) is 4.25. The molecule has 16 heavy (non-hydrogen) atoms. The largest absolute Gasteiger partial charge is 0.396 e. The van der Waals surface area contributed by atoms with Gasteiger partial charge in [-0.2, -0.15) is 4.98 Å². The lowest BCUT2D eigenvalue weighted by Gasteiger charge is -2.15. The van der Waals surface area contributed by atoms with Gasteiger partial charge < -0.3 is 16.2 Å². The highest BCUT2D eigenvalue weighted by Gasteiger charge is 2.41. The van der Waals surface area contributed by atoms with Crippen LogP contribution in [0.25, 0.3) is 0 Å². The van der Waals surface area contributed by atoms with E-state index in [1.165, 1.54) is 0 Å². The molecular weight excluding hydrogens is 211 g/mol. The molecule has 0 aromatic carbocycles. The zero-order valence-corrected chi connectivity index (χ0v) is 8.91. The Bertz CT molecular complexity index is 381. The van der Waals surface area contributed by atoms with Crippen molar-refractivity contribution in [3.63, 3.8) is 0 Å². The molecule has 0 spiro atoms. The van der Waals surface area contributed by atoms with Crippen molar-refractivity contribution in [2.45, 2.75) is 19.3 Å². The first-order valence-corrected chi connectivity index (χ1v) is 5.28. The molecule has 0 aliphatic heterocycles. The molecular formula is C10H15FN4O. The Morgan fingerprint density at radius 3 is 2.94 bits per heavy atom. The third-order valence-electron chi connectivity index (χ3n) is 2.99. The van der Waals surface area contributed by atoms with Crippen LogP contribution in [0, 0.1) is 11.2 Å². The molecule has 0 radical (unpaired) electrons. The highest BCUT2D eigenvalue weighted by Crippen LogP contribution is 2.48. The van der Waals surface area contributed by atoms with Crippen LogP contribution in [0.15, 0.2) is 6.20 Å². The van der Waals surface area contributed by atoms with Gasteiger partial charge in [-0.05, 0) is 24.7 Å². The summed E-state index contributed by atoms with van der Waals surface area (Å²) in [4.78, 5) is 7.33. The Morgan fingerprint density at radius 1 is 1.56 bits per heavy atom. The quantitative estimate of drug-likeness (QED) is 0.690. The summed E-state index contributed by atoms with van der Waals surface area (Å²) in [5.41, 5.74) is 5.48. The molecule has 0 unspecified atom stereocenters. The zero-order valence-electron chi connectivity index (χ0n) is 8.91. The minimum atomic E-state index is -0.506. The van der Waals surface area contributed by atoms with Gasteiger partial charge in [0.1, 0.15) is 0 Å². The van der Waals surface area contributed by atoms with E-state index in [1.54, 1.807) is 0 Å². The maximum atomic E-state index is 13.3. The Morgan fingerprint density at radius 2 is 2.31 bits per heavy atom. The molecule has 2 rings (SSSR count). The number of hydrogen-bond donors (Lipinski definition) is 3. The van der Waals surface area contributed by atoms with Crippen LogP contribution in [0.5, 0.6) is 0 Å². The van der Waals surface area contributed by atoms with E-state index >= 15 is 0 Å². The molecule has 0 atom stereocenters. The maximum absolute atomic E-state index is 13.3. The van der Waals surface area contributed by atoms with Crippen molar-refractivity contribution >= 4 is 11.8 Å². The van der Waals surface area contributed by atoms with E-state index in [1.807, 2.05) is 0 Å². The first-order valence-electron chi connectivity index (χ1n) is 5.28. The number of rotatable bonds is 5. The van der Waals surface area contributed by atoms with Crippen LogP contribution < -0.4 is 11.1 Å². The summed E-state index contributed by atoms with van der Waals surface area (Å²) in [6, 6.07) is 0. The van der Waals surface area contributed by atoms with Crippen molar-refractivity contribution in [2.24, 2.45) is 5.41 Å². The number of aromatic nitrogens is 2. The minimum Gasteiger partial charge on any atom is -0.396 e. The SMILES string of the molecule is Nc1ncc(F)c(NCC2(CCO)CC2)n1. The highest BCUT2D eigenvalue weighted by atomic mass is 19.1. The predicted octanol–water partition coefficient (Wildman–Crippen LogP) is 0.772.